The quantitative estimate of drug-likeness (QED) is 0.741. The number of nitrogens with two attached hydrogens (primary N) is 1. The van der Waals surface area contributed by atoms with Crippen LogP contribution in [0.5, 0.6) is 0 Å². The summed E-state index contributed by atoms with van der Waals surface area (Å²) in [4.78, 5) is 11.1. The largest absolute Gasteiger partial charge is 0.572 e. The van der Waals surface area contributed by atoms with Gasteiger partial charge in [0.15, 0.2) is 0 Å². The van der Waals surface area contributed by atoms with E-state index in [0.717, 1.165) is 6.08 Å². The van der Waals surface area contributed by atoms with Crippen molar-refractivity contribution in [2.75, 3.05) is 7.11 Å². The molecule has 0 heterocycles. The van der Waals surface area contributed by atoms with E-state index in [-0.39, 0.29) is 29.9 Å². The van der Waals surface area contributed by atoms with Crippen LogP contribution in [0.15, 0.2) is 23.1 Å². The van der Waals surface area contributed by atoms with Gasteiger partial charge in [0, 0.05) is 12.0 Å². The third-order valence-electron chi connectivity index (χ3n) is 1.96. The molecule has 0 aromatic rings. The van der Waals surface area contributed by atoms with E-state index in [2.05, 4.69) is 9.47 Å². The molecule has 0 aliphatic heterocycles. The van der Waals surface area contributed by atoms with Crippen LogP contribution in [0.4, 0.5) is 13.2 Å². The Hall–Kier alpha value is -1.66. The van der Waals surface area contributed by atoms with Crippen LogP contribution >= 0.6 is 0 Å². The number of allylic oxidation sites excluding steroid dienone is 2. The van der Waals surface area contributed by atoms with Crippen molar-refractivity contribution in [1.82, 2.24) is 0 Å². The fraction of sp³-hybridized carbons (Fsp3) is 0.444. The van der Waals surface area contributed by atoms with E-state index in [0.29, 0.717) is 0 Å². The van der Waals surface area contributed by atoms with Crippen LogP contribution in [0, 0.1) is 0 Å². The summed E-state index contributed by atoms with van der Waals surface area (Å²) < 4.78 is 43.9. The van der Waals surface area contributed by atoms with Gasteiger partial charge in [0.05, 0.1) is 12.8 Å². The highest BCUT2D eigenvalue weighted by atomic mass is 19.4. The van der Waals surface area contributed by atoms with E-state index < -0.39 is 12.3 Å². The Morgan fingerprint density at radius 1 is 1.44 bits per heavy atom. The van der Waals surface area contributed by atoms with Crippen molar-refractivity contribution in [3.8, 4) is 0 Å². The van der Waals surface area contributed by atoms with Gasteiger partial charge in [-0.3, -0.25) is 0 Å². The van der Waals surface area contributed by atoms with Crippen LogP contribution in [-0.2, 0) is 14.3 Å². The van der Waals surface area contributed by atoms with Crippen LogP contribution in [0.1, 0.15) is 12.8 Å². The number of carbonyl (C=O) groups excluding carboxylic acids is 1. The van der Waals surface area contributed by atoms with E-state index in [1.165, 1.54) is 7.11 Å². The minimum Gasteiger partial charge on any atom is -0.466 e. The lowest BCUT2D eigenvalue weighted by Crippen LogP contribution is -2.19. The van der Waals surface area contributed by atoms with Gasteiger partial charge in [-0.2, -0.15) is 0 Å². The Morgan fingerprint density at radius 2 is 2.06 bits per heavy atom. The zero-order chi connectivity index (χ0) is 12.3. The molecule has 0 bridgehead atoms. The van der Waals surface area contributed by atoms with Crippen LogP contribution in [0.2, 0.25) is 0 Å². The first kappa shape index (κ1) is 12.4. The number of ether oxygens (including phenoxy) is 2. The van der Waals surface area contributed by atoms with Crippen molar-refractivity contribution in [2.45, 2.75) is 19.2 Å². The monoisotopic (exact) mass is 237 g/mol. The molecule has 0 saturated heterocycles. The number of hydrogen-bond donors (Lipinski definition) is 1. The Morgan fingerprint density at radius 3 is 2.50 bits per heavy atom. The fourth-order valence-electron chi connectivity index (χ4n) is 1.27. The van der Waals surface area contributed by atoms with Crippen molar-refractivity contribution >= 4 is 5.97 Å². The molecule has 0 aromatic heterocycles. The topological polar surface area (TPSA) is 61.5 Å². The number of carbonyl (C=O) groups is 1. The molecule has 0 radical (unpaired) electrons. The summed E-state index contributed by atoms with van der Waals surface area (Å²) in [6.07, 6.45) is -3.60. The number of halogens is 3. The lowest BCUT2D eigenvalue weighted by atomic mass is 10.0. The summed E-state index contributed by atoms with van der Waals surface area (Å²) in [6, 6.07) is 0. The SMILES string of the molecule is COC(=O)C1=CC(N)=C(OC(F)(F)F)CC1. The minimum atomic E-state index is -4.77. The van der Waals surface area contributed by atoms with Crippen molar-refractivity contribution in [1.29, 1.82) is 0 Å². The lowest BCUT2D eigenvalue weighted by molar-refractivity contribution is -0.306. The van der Waals surface area contributed by atoms with Gasteiger partial charge >= 0.3 is 12.3 Å². The molecule has 90 valence electrons. The molecular weight excluding hydrogens is 227 g/mol. The molecule has 0 fully saturated rings. The number of methoxy groups -OCH3 is 1. The Bertz CT molecular complexity index is 358. The standard InChI is InChI=1S/C9H10F3NO3/c1-15-8(14)5-2-3-7(6(13)4-5)16-9(10,11)12/h4H,2-3,13H2,1H3. The zero-order valence-corrected chi connectivity index (χ0v) is 8.43. The molecule has 1 aliphatic rings. The number of rotatable bonds is 2. The average Bonchev–Trinajstić information content (AvgIpc) is 2.18. The van der Waals surface area contributed by atoms with Crippen LogP contribution < -0.4 is 5.73 Å². The molecule has 0 spiro atoms. The molecular formula is C9H10F3NO3. The smallest absolute Gasteiger partial charge is 0.466 e. The van der Waals surface area contributed by atoms with Gasteiger partial charge in [-0.05, 0) is 12.5 Å². The molecule has 2 N–H and O–H groups in total. The molecule has 0 saturated carbocycles. The summed E-state index contributed by atoms with van der Waals surface area (Å²) >= 11 is 0. The first-order valence-corrected chi connectivity index (χ1v) is 4.36. The molecule has 0 aromatic carbocycles. The molecule has 0 atom stereocenters. The second-order valence-electron chi connectivity index (χ2n) is 3.09. The highest BCUT2D eigenvalue weighted by molar-refractivity contribution is 5.89. The predicted octanol–water partition coefficient (Wildman–Crippen LogP) is 1.59. The van der Waals surface area contributed by atoms with Crippen molar-refractivity contribution < 1.29 is 27.4 Å². The molecule has 4 nitrogen and oxygen atoms in total. The predicted molar refractivity (Wildman–Crippen MR) is 47.7 cm³/mol. The van der Waals surface area contributed by atoms with E-state index in [1.807, 2.05) is 0 Å². The van der Waals surface area contributed by atoms with Gasteiger partial charge in [0.2, 0.25) is 0 Å². The Kier molecular flexibility index (Phi) is 3.46. The maximum Gasteiger partial charge on any atom is 0.572 e. The minimum absolute atomic E-state index is 0.0771. The van der Waals surface area contributed by atoms with Gasteiger partial charge in [-0.1, -0.05) is 0 Å². The van der Waals surface area contributed by atoms with Gasteiger partial charge < -0.3 is 15.2 Å². The van der Waals surface area contributed by atoms with Crippen molar-refractivity contribution in [3.05, 3.63) is 23.1 Å². The normalized spacial score (nSPS) is 16.9. The highest BCUT2D eigenvalue weighted by Gasteiger charge is 2.33. The first-order chi connectivity index (χ1) is 7.33. The van der Waals surface area contributed by atoms with Gasteiger partial charge in [-0.15, -0.1) is 13.2 Å². The van der Waals surface area contributed by atoms with Crippen LogP contribution in [-0.4, -0.2) is 19.4 Å². The Balaban J connectivity index is 2.84. The van der Waals surface area contributed by atoms with Crippen molar-refractivity contribution in [3.63, 3.8) is 0 Å². The molecule has 1 rings (SSSR count). The number of hydrogen-bond acceptors (Lipinski definition) is 4. The number of alkyl halides is 3. The van der Waals surface area contributed by atoms with E-state index in [4.69, 9.17) is 5.73 Å². The first-order valence-electron chi connectivity index (χ1n) is 4.36. The lowest BCUT2D eigenvalue weighted by Gasteiger charge is -2.18. The maximum absolute atomic E-state index is 11.9. The van der Waals surface area contributed by atoms with Crippen LogP contribution in [0.25, 0.3) is 0 Å². The second kappa shape index (κ2) is 4.46. The van der Waals surface area contributed by atoms with E-state index >= 15 is 0 Å². The zero-order valence-electron chi connectivity index (χ0n) is 8.43. The third kappa shape index (κ3) is 3.18. The molecule has 0 amide bonds. The molecule has 7 heteroatoms. The number of esters is 1. The second-order valence-corrected chi connectivity index (χ2v) is 3.09. The van der Waals surface area contributed by atoms with Gasteiger partial charge in [0.1, 0.15) is 5.76 Å². The van der Waals surface area contributed by atoms with Gasteiger partial charge in [0.25, 0.3) is 0 Å². The average molecular weight is 237 g/mol. The van der Waals surface area contributed by atoms with Crippen LogP contribution in [0.3, 0.4) is 0 Å². The fourth-order valence-corrected chi connectivity index (χ4v) is 1.27. The summed E-state index contributed by atoms with van der Waals surface area (Å²) in [5.41, 5.74) is 5.37. The maximum atomic E-state index is 11.9. The summed E-state index contributed by atoms with van der Waals surface area (Å²) in [5, 5.41) is 0. The van der Waals surface area contributed by atoms with Crippen molar-refractivity contribution in [2.24, 2.45) is 5.73 Å². The Labute approximate surface area is 89.5 Å². The molecule has 0 unspecified atom stereocenters. The molecule has 16 heavy (non-hydrogen) atoms. The third-order valence-corrected chi connectivity index (χ3v) is 1.96. The summed E-state index contributed by atoms with van der Waals surface area (Å²) in [7, 11) is 1.19. The van der Waals surface area contributed by atoms with E-state index in [9.17, 15) is 18.0 Å². The summed E-state index contributed by atoms with van der Waals surface area (Å²) in [5.74, 6) is -0.978. The van der Waals surface area contributed by atoms with Gasteiger partial charge in [-0.25, -0.2) is 4.79 Å². The highest BCUT2D eigenvalue weighted by Crippen LogP contribution is 2.29. The summed E-state index contributed by atoms with van der Waals surface area (Å²) in [6.45, 7) is 0. The van der Waals surface area contributed by atoms with E-state index in [1.54, 1.807) is 0 Å². The molecule has 1 aliphatic carbocycles.